The number of benzene rings is 3. The van der Waals surface area contributed by atoms with Crippen molar-refractivity contribution in [2.75, 3.05) is 6.54 Å². The molecule has 3 aromatic rings. The van der Waals surface area contributed by atoms with Gasteiger partial charge < -0.3 is 5.32 Å². The zero-order valence-electron chi connectivity index (χ0n) is 19.5. The second-order valence-corrected chi connectivity index (χ2v) is 13.0. The maximum absolute atomic E-state index is 13.8. The molecule has 1 atom stereocenters. The van der Waals surface area contributed by atoms with Crippen LogP contribution < -0.4 is 5.32 Å². The highest BCUT2D eigenvalue weighted by Gasteiger charge is 2.37. The van der Waals surface area contributed by atoms with Crippen molar-refractivity contribution in [1.29, 1.82) is 0 Å². The van der Waals surface area contributed by atoms with Crippen molar-refractivity contribution in [1.82, 2.24) is 9.62 Å². The summed E-state index contributed by atoms with van der Waals surface area (Å²) in [6, 6.07) is 19.8. The number of hydrogen-bond acceptors (Lipinski definition) is 5. The summed E-state index contributed by atoms with van der Waals surface area (Å²) in [4.78, 5) is 13.1. The topological polar surface area (TPSA) is 101 Å². The average Bonchev–Trinajstić information content (AvgIpc) is 3.08. The Kier molecular flexibility index (Phi) is 8.14. The van der Waals surface area contributed by atoms with Crippen LogP contribution in [-0.2, 0) is 37.0 Å². The van der Waals surface area contributed by atoms with Gasteiger partial charge in [-0.3, -0.25) is 4.79 Å². The van der Waals surface area contributed by atoms with Crippen molar-refractivity contribution in [3.8, 4) is 0 Å². The Labute approximate surface area is 217 Å². The number of hydrogen-bond donors (Lipinski definition) is 1. The minimum atomic E-state index is -4.11. The van der Waals surface area contributed by atoms with Gasteiger partial charge in [-0.2, -0.15) is 4.31 Å². The molecule has 1 saturated heterocycles. The van der Waals surface area contributed by atoms with E-state index in [4.69, 9.17) is 11.6 Å². The number of sulfonamides is 1. The third kappa shape index (κ3) is 5.98. The predicted octanol–water partition coefficient (Wildman–Crippen LogP) is 4.17. The van der Waals surface area contributed by atoms with Gasteiger partial charge in [0.15, 0.2) is 9.84 Å². The van der Waals surface area contributed by atoms with Crippen LogP contribution in [0.4, 0.5) is 0 Å². The van der Waals surface area contributed by atoms with E-state index < -0.39 is 25.9 Å². The first-order valence-corrected chi connectivity index (χ1v) is 15.1. The molecule has 4 rings (SSSR count). The number of carbonyl (C=O) groups excluding carboxylic acids is 1. The quantitative estimate of drug-likeness (QED) is 0.457. The van der Waals surface area contributed by atoms with Gasteiger partial charge in [0.2, 0.25) is 15.9 Å². The van der Waals surface area contributed by atoms with Crippen LogP contribution >= 0.6 is 11.6 Å². The van der Waals surface area contributed by atoms with E-state index in [1.807, 2.05) is 0 Å². The average molecular weight is 547 g/mol. The molecule has 10 heteroatoms. The van der Waals surface area contributed by atoms with Crippen molar-refractivity contribution in [3.63, 3.8) is 0 Å². The molecule has 0 saturated carbocycles. The van der Waals surface area contributed by atoms with Crippen molar-refractivity contribution in [2.45, 2.75) is 47.4 Å². The predicted molar refractivity (Wildman–Crippen MR) is 139 cm³/mol. The van der Waals surface area contributed by atoms with E-state index >= 15 is 0 Å². The molecule has 1 aliphatic heterocycles. The van der Waals surface area contributed by atoms with Gasteiger partial charge in [0.1, 0.15) is 6.04 Å². The van der Waals surface area contributed by atoms with Crippen LogP contribution in [0.2, 0.25) is 5.02 Å². The smallest absolute Gasteiger partial charge is 0.244 e. The maximum Gasteiger partial charge on any atom is 0.244 e. The molecule has 0 aromatic heterocycles. The molecule has 1 heterocycles. The van der Waals surface area contributed by atoms with Gasteiger partial charge in [-0.1, -0.05) is 54.1 Å². The number of amides is 1. The lowest BCUT2D eigenvalue weighted by Gasteiger charge is -2.30. The van der Waals surface area contributed by atoms with E-state index in [-0.39, 0.29) is 28.0 Å². The summed E-state index contributed by atoms with van der Waals surface area (Å²) in [6.45, 7) is 0.333. The Balaban J connectivity index is 1.74. The lowest BCUT2D eigenvalue weighted by atomic mass is 10.1. The number of sulfone groups is 1. The van der Waals surface area contributed by atoms with E-state index in [2.05, 4.69) is 5.32 Å². The summed E-state index contributed by atoms with van der Waals surface area (Å²) >= 11 is 5.97. The Morgan fingerprint density at radius 1 is 0.806 bits per heavy atom. The summed E-state index contributed by atoms with van der Waals surface area (Å²) in [7, 11) is -7.78. The standard InChI is InChI=1S/C26H27ClN2O5S2/c27-22-13-15-24(16-14-22)36(33,34)29(25-12-6-7-17-28-26(25)30)18-20-8-4-5-9-21(20)19-35(31,32)23-10-2-1-3-11-23/h1-5,8-11,13-16,25H,6-7,12,17-19H2,(H,28,30). The molecule has 0 aliphatic carbocycles. The van der Waals surface area contributed by atoms with E-state index in [1.165, 1.54) is 40.7 Å². The molecule has 1 aliphatic rings. The van der Waals surface area contributed by atoms with Crippen molar-refractivity contribution >= 4 is 37.4 Å². The number of nitrogens with one attached hydrogen (secondary N) is 1. The molecule has 0 radical (unpaired) electrons. The maximum atomic E-state index is 13.8. The van der Waals surface area contributed by atoms with Gasteiger partial charge in [0.05, 0.1) is 15.5 Å². The molecule has 190 valence electrons. The van der Waals surface area contributed by atoms with Crippen molar-refractivity contribution < 1.29 is 21.6 Å². The van der Waals surface area contributed by atoms with Gasteiger partial charge in [-0.05, 0) is 66.8 Å². The Morgan fingerprint density at radius 3 is 2.14 bits per heavy atom. The summed E-state index contributed by atoms with van der Waals surface area (Å²) in [5, 5.41) is 3.20. The minimum Gasteiger partial charge on any atom is -0.355 e. The highest BCUT2D eigenvalue weighted by molar-refractivity contribution is 7.90. The molecule has 1 amide bonds. The zero-order valence-corrected chi connectivity index (χ0v) is 21.9. The minimum absolute atomic E-state index is 0.0123. The Morgan fingerprint density at radius 2 is 1.44 bits per heavy atom. The molecule has 36 heavy (non-hydrogen) atoms. The van der Waals surface area contributed by atoms with Crippen LogP contribution in [0.5, 0.6) is 0 Å². The summed E-state index contributed by atoms with van der Waals surface area (Å²) in [5.41, 5.74) is 0.998. The molecule has 1 unspecified atom stereocenters. The first-order valence-electron chi connectivity index (χ1n) is 11.6. The second kappa shape index (κ2) is 11.1. The first-order chi connectivity index (χ1) is 17.2. The van der Waals surface area contributed by atoms with E-state index in [9.17, 15) is 21.6 Å². The lowest BCUT2D eigenvalue weighted by Crippen LogP contribution is -2.48. The molecule has 1 N–H and O–H groups in total. The van der Waals surface area contributed by atoms with Gasteiger partial charge in [0.25, 0.3) is 0 Å². The highest BCUT2D eigenvalue weighted by atomic mass is 35.5. The Bertz CT molecular complexity index is 1430. The van der Waals surface area contributed by atoms with Gasteiger partial charge in [0, 0.05) is 18.1 Å². The van der Waals surface area contributed by atoms with Crippen LogP contribution in [0, 0.1) is 0 Å². The fourth-order valence-electron chi connectivity index (χ4n) is 4.24. The lowest BCUT2D eigenvalue weighted by molar-refractivity contribution is -0.124. The number of carbonyl (C=O) groups is 1. The zero-order chi connectivity index (χ0) is 25.8. The van der Waals surface area contributed by atoms with Crippen LogP contribution in [0.15, 0.2) is 88.7 Å². The highest BCUT2D eigenvalue weighted by Crippen LogP contribution is 2.28. The molecule has 7 nitrogen and oxygen atoms in total. The van der Waals surface area contributed by atoms with Crippen LogP contribution in [0.3, 0.4) is 0 Å². The van der Waals surface area contributed by atoms with Gasteiger partial charge in [-0.15, -0.1) is 0 Å². The van der Waals surface area contributed by atoms with E-state index in [0.29, 0.717) is 35.5 Å². The molecular weight excluding hydrogens is 520 g/mol. The van der Waals surface area contributed by atoms with Gasteiger partial charge in [-0.25, -0.2) is 16.8 Å². The molecule has 0 bridgehead atoms. The summed E-state index contributed by atoms with van der Waals surface area (Å²) in [6.07, 6.45) is 1.80. The second-order valence-electron chi connectivity index (χ2n) is 8.65. The molecule has 3 aromatic carbocycles. The molecule has 1 fully saturated rings. The number of halogens is 1. The SMILES string of the molecule is O=C1NCCCCC1N(Cc1ccccc1CS(=O)(=O)c1ccccc1)S(=O)(=O)c1ccc(Cl)cc1. The third-order valence-electron chi connectivity index (χ3n) is 6.17. The van der Waals surface area contributed by atoms with E-state index in [1.54, 1.807) is 42.5 Å². The number of nitrogens with zero attached hydrogens (tertiary/aromatic N) is 1. The molecular formula is C26H27ClN2O5S2. The van der Waals surface area contributed by atoms with E-state index in [0.717, 1.165) is 6.42 Å². The third-order valence-corrected chi connectivity index (χ3v) is 9.97. The van der Waals surface area contributed by atoms with Crippen LogP contribution in [0.25, 0.3) is 0 Å². The normalized spacial score (nSPS) is 16.9. The van der Waals surface area contributed by atoms with Crippen molar-refractivity contribution in [3.05, 3.63) is 95.0 Å². The first kappa shape index (κ1) is 26.3. The molecule has 0 spiro atoms. The Hall–Kier alpha value is -2.72. The summed E-state index contributed by atoms with van der Waals surface area (Å²) < 4.78 is 55.0. The van der Waals surface area contributed by atoms with Crippen LogP contribution in [-0.4, -0.2) is 39.6 Å². The van der Waals surface area contributed by atoms with Crippen LogP contribution in [0.1, 0.15) is 30.4 Å². The monoisotopic (exact) mass is 546 g/mol. The fourth-order valence-corrected chi connectivity index (χ4v) is 7.39. The summed E-state index contributed by atoms with van der Waals surface area (Å²) in [5.74, 6) is -0.654. The number of rotatable bonds is 8. The fraction of sp³-hybridized carbons (Fsp3) is 0.269. The van der Waals surface area contributed by atoms with Crippen molar-refractivity contribution in [2.24, 2.45) is 0 Å². The van der Waals surface area contributed by atoms with Gasteiger partial charge >= 0.3 is 0 Å². The largest absolute Gasteiger partial charge is 0.355 e.